The third-order valence-electron chi connectivity index (χ3n) is 11.0. The summed E-state index contributed by atoms with van der Waals surface area (Å²) in [6, 6.07) is 74.9. The summed E-state index contributed by atoms with van der Waals surface area (Å²) in [5, 5.41) is 7.76. The Balaban J connectivity index is 1.24. The Labute approximate surface area is 316 Å². The molecule has 0 aliphatic carbocycles. The van der Waals surface area contributed by atoms with Gasteiger partial charge in [0.1, 0.15) is 5.82 Å². The third kappa shape index (κ3) is 4.81. The highest BCUT2D eigenvalue weighted by Gasteiger charge is 2.43. The second-order valence-corrected chi connectivity index (χ2v) is 20.3. The van der Waals surface area contributed by atoms with Gasteiger partial charge in [-0.15, -0.1) is 0 Å². The number of benzene rings is 8. The molecule has 1 aliphatic rings. The van der Waals surface area contributed by atoms with Crippen molar-refractivity contribution >= 4 is 62.9 Å². The smallest absolute Gasteiger partial charge is 0.179 e. The van der Waals surface area contributed by atoms with Crippen LogP contribution in [0.3, 0.4) is 0 Å². The summed E-state index contributed by atoms with van der Waals surface area (Å²) in [5.74, 6) is 0.843. The Kier molecular flexibility index (Phi) is 7.76. The van der Waals surface area contributed by atoms with Gasteiger partial charge in [-0.2, -0.15) is 0 Å². The van der Waals surface area contributed by atoms with Gasteiger partial charge in [0.05, 0.1) is 22.0 Å². The minimum absolute atomic E-state index is 0.820. The van der Waals surface area contributed by atoms with Gasteiger partial charge in [0, 0.05) is 16.2 Å². The molecule has 8 aromatic carbocycles. The average Bonchev–Trinajstić information content (AvgIpc) is 3.65. The molecule has 256 valence electrons. The predicted molar refractivity (Wildman–Crippen MR) is 229 cm³/mol. The molecule has 1 aliphatic heterocycles. The first kappa shape index (κ1) is 32.3. The van der Waals surface area contributed by atoms with E-state index < -0.39 is 15.2 Å². The molecule has 0 bridgehead atoms. The molecule has 1 aromatic heterocycles. The number of para-hydroxylation sites is 1. The molecule has 0 N–H and O–H groups in total. The van der Waals surface area contributed by atoms with Crippen LogP contribution in [0.25, 0.3) is 39.2 Å². The molecule has 9 aromatic rings. The summed E-state index contributed by atoms with van der Waals surface area (Å²) in [7, 11) is -6.10. The topological polar surface area (TPSA) is 34.9 Å². The highest BCUT2D eigenvalue weighted by Crippen LogP contribution is 2.52. The van der Waals surface area contributed by atoms with E-state index in [9.17, 15) is 0 Å². The van der Waals surface area contributed by atoms with E-state index in [1.54, 1.807) is 0 Å². The SMILES string of the molecule is O=P1(c2ccccc2)c2c(-c3ccc([Si](c4ccccc4)(c4ccccc4)c4ccccc4)cc3)cccc2-n2c(-c3ccccc3)nc3cccc1c32. The maximum Gasteiger partial charge on any atom is 0.179 e. The average molecular weight is 727 g/mol. The van der Waals surface area contributed by atoms with Crippen LogP contribution in [0.1, 0.15) is 0 Å². The van der Waals surface area contributed by atoms with Crippen molar-refractivity contribution in [3.8, 4) is 28.2 Å². The van der Waals surface area contributed by atoms with E-state index in [1.807, 2.05) is 66.7 Å². The van der Waals surface area contributed by atoms with E-state index in [1.165, 1.54) is 20.7 Å². The monoisotopic (exact) mass is 726 g/mol. The molecule has 0 fully saturated rings. The van der Waals surface area contributed by atoms with Gasteiger partial charge in [-0.05, 0) is 50.1 Å². The molecule has 1 unspecified atom stereocenters. The Bertz CT molecular complexity index is 2730. The fraction of sp³-hybridized carbons (Fsp3) is 0. The van der Waals surface area contributed by atoms with Crippen LogP contribution in [-0.4, -0.2) is 17.6 Å². The summed E-state index contributed by atoms with van der Waals surface area (Å²) >= 11 is 0. The van der Waals surface area contributed by atoms with E-state index in [2.05, 4.69) is 150 Å². The highest BCUT2D eigenvalue weighted by molar-refractivity contribution is 7.86. The van der Waals surface area contributed by atoms with Gasteiger partial charge in [-0.25, -0.2) is 4.98 Å². The van der Waals surface area contributed by atoms with Gasteiger partial charge in [-0.3, -0.25) is 4.57 Å². The number of nitrogens with zero attached hydrogens (tertiary/aromatic N) is 2. The number of rotatable bonds is 7. The normalized spacial score (nSPS) is 14.8. The highest BCUT2D eigenvalue weighted by atomic mass is 31.2. The van der Waals surface area contributed by atoms with E-state index in [0.717, 1.165) is 55.1 Å². The molecule has 54 heavy (non-hydrogen) atoms. The lowest BCUT2D eigenvalue weighted by Gasteiger charge is -2.34. The van der Waals surface area contributed by atoms with Crippen LogP contribution < -0.4 is 36.7 Å². The molecule has 0 radical (unpaired) electrons. The summed E-state index contributed by atoms with van der Waals surface area (Å²) < 4.78 is 18.6. The zero-order valence-electron chi connectivity index (χ0n) is 29.5. The number of hydrogen-bond donors (Lipinski definition) is 0. The van der Waals surface area contributed by atoms with Crippen molar-refractivity contribution in [2.45, 2.75) is 0 Å². The molecule has 0 amide bonds. The number of fused-ring (bicyclic) bond motifs is 2. The van der Waals surface area contributed by atoms with E-state index in [-0.39, 0.29) is 0 Å². The number of aromatic nitrogens is 2. The summed E-state index contributed by atoms with van der Waals surface area (Å²) in [5.41, 5.74) is 5.67. The van der Waals surface area contributed by atoms with E-state index in [4.69, 9.17) is 4.98 Å². The van der Waals surface area contributed by atoms with Crippen molar-refractivity contribution in [2.24, 2.45) is 0 Å². The quantitative estimate of drug-likeness (QED) is 0.0960. The van der Waals surface area contributed by atoms with Crippen molar-refractivity contribution in [1.29, 1.82) is 0 Å². The molecule has 10 rings (SSSR count). The Morgan fingerprint density at radius 1 is 0.444 bits per heavy atom. The summed E-state index contributed by atoms with van der Waals surface area (Å²) in [4.78, 5) is 5.19. The van der Waals surface area contributed by atoms with Crippen LogP contribution in [-0.2, 0) is 4.57 Å². The number of hydrogen-bond acceptors (Lipinski definition) is 2. The van der Waals surface area contributed by atoms with Gasteiger partial charge >= 0.3 is 0 Å². The van der Waals surface area contributed by atoms with Gasteiger partial charge in [0.25, 0.3) is 0 Å². The first-order valence-electron chi connectivity index (χ1n) is 18.3. The van der Waals surface area contributed by atoms with Crippen molar-refractivity contribution in [2.75, 3.05) is 0 Å². The molecule has 2 heterocycles. The van der Waals surface area contributed by atoms with Crippen LogP contribution in [0.15, 0.2) is 212 Å². The van der Waals surface area contributed by atoms with Crippen LogP contribution in [0.4, 0.5) is 0 Å². The van der Waals surface area contributed by atoms with Crippen LogP contribution >= 0.6 is 7.14 Å². The van der Waals surface area contributed by atoms with Crippen molar-refractivity contribution in [3.63, 3.8) is 0 Å². The lowest BCUT2D eigenvalue weighted by molar-refractivity contribution is 0.592. The fourth-order valence-electron chi connectivity index (χ4n) is 8.64. The minimum Gasteiger partial charge on any atom is -0.308 e. The molecule has 0 spiro atoms. The zero-order valence-corrected chi connectivity index (χ0v) is 31.4. The maximum atomic E-state index is 16.4. The first-order chi connectivity index (χ1) is 26.7. The minimum atomic E-state index is -3.39. The Hall–Kier alpha value is -6.32. The summed E-state index contributed by atoms with van der Waals surface area (Å²) in [6.45, 7) is 0. The number of imidazole rings is 1. The molecule has 0 saturated heterocycles. The van der Waals surface area contributed by atoms with Crippen LogP contribution in [0, 0.1) is 0 Å². The van der Waals surface area contributed by atoms with Gasteiger partial charge in [0.2, 0.25) is 0 Å². The largest absolute Gasteiger partial charge is 0.308 e. The molecule has 0 saturated carbocycles. The standard InChI is InChI=1S/C49H35N2OPSi/c52-53(38-20-8-2-9-21-38)46-31-17-29-44-47(46)51(49(50-44)37-18-6-1-7-19-37)45-30-16-28-43(48(45)53)36-32-34-42(35-33-36)54(39-22-10-3-11-23-39,40-24-12-4-13-25-40)41-26-14-5-15-27-41/h1-35H. The second-order valence-electron chi connectivity index (χ2n) is 13.8. The maximum absolute atomic E-state index is 16.4. The van der Waals surface area contributed by atoms with Crippen LogP contribution in [0.2, 0.25) is 0 Å². The molecular weight excluding hydrogens is 692 g/mol. The Morgan fingerprint density at radius 3 is 1.52 bits per heavy atom. The summed E-state index contributed by atoms with van der Waals surface area (Å²) in [6.07, 6.45) is 0. The predicted octanol–water partition coefficient (Wildman–Crippen LogP) is 7.69. The van der Waals surface area contributed by atoms with E-state index in [0.29, 0.717) is 0 Å². The van der Waals surface area contributed by atoms with E-state index >= 15 is 4.57 Å². The molecule has 3 nitrogen and oxygen atoms in total. The lowest BCUT2D eigenvalue weighted by Crippen LogP contribution is -2.74. The fourth-order valence-corrected chi connectivity index (χ4v) is 16.6. The van der Waals surface area contributed by atoms with Crippen molar-refractivity contribution < 1.29 is 4.57 Å². The van der Waals surface area contributed by atoms with Gasteiger partial charge in [-0.1, -0.05) is 194 Å². The van der Waals surface area contributed by atoms with Crippen LogP contribution in [0.5, 0.6) is 0 Å². The zero-order chi connectivity index (χ0) is 36.1. The van der Waals surface area contributed by atoms with Crippen molar-refractivity contribution in [1.82, 2.24) is 9.55 Å². The molecular formula is C49H35N2OPSi. The lowest BCUT2D eigenvalue weighted by atomic mass is 10.0. The van der Waals surface area contributed by atoms with Gasteiger partial charge < -0.3 is 4.57 Å². The Morgan fingerprint density at radius 2 is 0.944 bits per heavy atom. The second kappa shape index (κ2) is 13.0. The van der Waals surface area contributed by atoms with Gasteiger partial charge in [0.15, 0.2) is 15.2 Å². The molecule has 1 atom stereocenters. The first-order valence-corrected chi connectivity index (χ1v) is 22.0. The third-order valence-corrected chi connectivity index (χ3v) is 18.9. The van der Waals surface area contributed by atoms with Crippen molar-refractivity contribution in [3.05, 3.63) is 212 Å². The molecule has 5 heteroatoms.